The minimum absolute atomic E-state index is 0.322. The van der Waals surface area contributed by atoms with Crippen LogP contribution in [0.15, 0.2) is 35.5 Å². The van der Waals surface area contributed by atoms with E-state index in [9.17, 15) is 4.79 Å². The predicted molar refractivity (Wildman–Crippen MR) is 67.5 cm³/mol. The summed E-state index contributed by atoms with van der Waals surface area (Å²) in [6.45, 7) is 0. The second-order valence-corrected chi connectivity index (χ2v) is 3.39. The first-order valence-corrected chi connectivity index (χ1v) is 5.31. The SMILES string of the molecule is COc1ccc(C(=O)NNC(C#N)=C(C#N)C#N)cc1. The van der Waals surface area contributed by atoms with Crippen molar-refractivity contribution < 1.29 is 9.53 Å². The number of hydrogen-bond donors (Lipinski definition) is 2. The first kappa shape index (κ1) is 14.6. The van der Waals surface area contributed by atoms with Gasteiger partial charge in [0.25, 0.3) is 5.91 Å². The van der Waals surface area contributed by atoms with Gasteiger partial charge in [0.2, 0.25) is 0 Å². The zero-order valence-electron chi connectivity index (χ0n) is 10.5. The Hall–Kier alpha value is -3.50. The van der Waals surface area contributed by atoms with Crippen molar-refractivity contribution in [3.05, 3.63) is 41.1 Å². The van der Waals surface area contributed by atoms with Gasteiger partial charge in [-0.05, 0) is 24.3 Å². The summed E-state index contributed by atoms with van der Waals surface area (Å²) in [6, 6.07) is 11.0. The number of carbonyl (C=O) groups is 1. The molecule has 20 heavy (non-hydrogen) atoms. The fourth-order valence-electron chi connectivity index (χ4n) is 1.22. The molecular formula is C13H9N5O2. The molecule has 1 rings (SSSR count). The van der Waals surface area contributed by atoms with E-state index in [0.29, 0.717) is 11.3 Å². The summed E-state index contributed by atoms with van der Waals surface area (Å²) >= 11 is 0. The van der Waals surface area contributed by atoms with Gasteiger partial charge in [-0.15, -0.1) is 0 Å². The number of nitrogens with zero attached hydrogens (tertiary/aromatic N) is 3. The van der Waals surface area contributed by atoms with E-state index in [0.717, 1.165) is 0 Å². The molecule has 1 aromatic rings. The van der Waals surface area contributed by atoms with Crippen molar-refractivity contribution in [1.29, 1.82) is 15.8 Å². The van der Waals surface area contributed by atoms with Crippen molar-refractivity contribution in [1.82, 2.24) is 10.9 Å². The summed E-state index contributed by atoms with van der Waals surface area (Å²) in [5, 5.41) is 26.0. The van der Waals surface area contributed by atoms with E-state index in [1.807, 2.05) is 0 Å². The van der Waals surface area contributed by atoms with E-state index in [-0.39, 0.29) is 5.70 Å². The number of methoxy groups -OCH3 is 1. The van der Waals surface area contributed by atoms with Gasteiger partial charge >= 0.3 is 0 Å². The van der Waals surface area contributed by atoms with Crippen LogP contribution in [0.3, 0.4) is 0 Å². The van der Waals surface area contributed by atoms with Crippen LogP contribution in [0.2, 0.25) is 0 Å². The summed E-state index contributed by atoms with van der Waals surface area (Å²) in [4.78, 5) is 11.8. The van der Waals surface area contributed by atoms with Gasteiger partial charge < -0.3 is 4.74 Å². The maximum Gasteiger partial charge on any atom is 0.269 e. The van der Waals surface area contributed by atoms with Crippen LogP contribution >= 0.6 is 0 Å². The molecule has 0 bridgehead atoms. The van der Waals surface area contributed by atoms with Crippen molar-refractivity contribution in [2.45, 2.75) is 0 Å². The molecule has 0 aromatic heterocycles. The summed E-state index contributed by atoms with van der Waals surface area (Å²) in [5.74, 6) is 0.0824. The topological polar surface area (TPSA) is 122 Å². The molecule has 0 spiro atoms. The largest absolute Gasteiger partial charge is 0.497 e. The number of ether oxygens (including phenoxy) is 1. The number of nitrogens with one attached hydrogen (secondary N) is 2. The smallest absolute Gasteiger partial charge is 0.269 e. The number of nitriles is 3. The molecule has 0 saturated heterocycles. The number of benzene rings is 1. The van der Waals surface area contributed by atoms with E-state index < -0.39 is 11.5 Å². The molecular weight excluding hydrogens is 258 g/mol. The van der Waals surface area contributed by atoms with Crippen molar-refractivity contribution in [2.75, 3.05) is 7.11 Å². The Morgan fingerprint density at radius 1 is 1.05 bits per heavy atom. The Morgan fingerprint density at radius 2 is 1.65 bits per heavy atom. The monoisotopic (exact) mass is 267 g/mol. The molecule has 1 aromatic carbocycles. The first-order chi connectivity index (χ1) is 9.65. The van der Waals surface area contributed by atoms with Crippen LogP contribution in [0, 0.1) is 34.0 Å². The molecule has 0 saturated carbocycles. The minimum Gasteiger partial charge on any atom is -0.497 e. The molecule has 98 valence electrons. The molecule has 0 fully saturated rings. The highest BCUT2D eigenvalue weighted by Gasteiger charge is 2.09. The van der Waals surface area contributed by atoms with E-state index in [2.05, 4.69) is 10.9 Å². The number of allylic oxidation sites excluding steroid dienone is 2. The average molecular weight is 267 g/mol. The Morgan fingerprint density at radius 3 is 2.10 bits per heavy atom. The van der Waals surface area contributed by atoms with E-state index >= 15 is 0 Å². The number of hydrazine groups is 1. The maximum absolute atomic E-state index is 11.8. The Labute approximate surface area is 115 Å². The van der Waals surface area contributed by atoms with Gasteiger partial charge in [-0.3, -0.25) is 15.6 Å². The number of amides is 1. The lowest BCUT2D eigenvalue weighted by molar-refractivity contribution is 0.0939. The standard InChI is InChI=1S/C13H9N5O2/c1-20-11-4-2-9(3-5-11)13(19)18-17-12(8-16)10(6-14)7-15/h2-5,17H,1H3,(H,18,19). The minimum atomic E-state index is -0.518. The molecule has 2 N–H and O–H groups in total. The quantitative estimate of drug-likeness (QED) is 0.613. The van der Waals surface area contributed by atoms with Gasteiger partial charge in [0.05, 0.1) is 7.11 Å². The van der Waals surface area contributed by atoms with E-state index in [1.165, 1.54) is 19.2 Å². The fraction of sp³-hybridized carbons (Fsp3) is 0.0769. The van der Waals surface area contributed by atoms with Crippen LogP contribution in [0.1, 0.15) is 10.4 Å². The van der Waals surface area contributed by atoms with Gasteiger partial charge in [-0.25, -0.2) is 0 Å². The van der Waals surface area contributed by atoms with Gasteiger partial charge in [-0.2, -0.15) is 15.8 Å². The van der Waals surface area contributed by atoms with Crippen molar-refractivity contribution in [3.8, 4) is 24.0 Å². The Balaban J connectivity index is 2.77. The lowest BCUT2D eigenvalue weighted by atomic mass is 10.2. The van der Waals surface area contributed by atoms with Crippen molar-refractivity contribution in [2.24, 2.45) is 0 Å². The molecule has 0 aliphatic rings. The maximum atomic E-state index is 11.8. The molecule has 0 aliphatic carbocycles. The lowest BCUT2D eigenvalue weighted by Gasteiger charge is -2.07. The molecule has 0 atom stereocenters. The summed E-state index contributed by atoms with van der Waals surface area (Å²) in [5.41, 5.74) is 4.05. The number of rotatable bonds is 4. The van der Waals surface area contributed by atoms with E-state index in [1.54, 1.807) is 30.3 Å². The second kappa shape index (κ2) is 7.05. The number of hydrogen-bond acceptors (Lipinski definition) is 6. The Kier molecular flexibility index (Phi) is 5.13. The van der Waals surface area contributed by atoms with Crippen LogP contribution in [0.25, 0.3) is 0 Å². The highest BCUT2D eigenvalue weighted by atomic mass is 16.5. The summed E-state index contributed by atoms with van der Waals surface area (Å²) < 4.78 is 4.96. The highest BCUT2D eigenvalue weighted by molar-refractivity contribution is 5.94. The van der Waals surface area contributed by atoms with Crippen LogP contribution in [-0.2, 0) is 0 Å². The van der Waals surface area contributed by atoms with Crippen LogP contribution < -0.4 is 15.6 Å². The average Bonchev–Trinajstić information content (AvgIpc) is 2.51. The predicted octanol–water partition coefficient (Wildman–Crippen LogP) is 0.754. The molecule has 0 radical (unpaired) electrons. The van der Waals surface area contributed by atoms with Gasteiger partial charge in [0, 0.05) is 5.56 Å². The lowest BCUT2D eigenvalue weighted by Crippen LogP contribution is -2.36. The second-order valence-electron chi connectivity index (χ2n) is 3.39. The van der Waals surface area contributed by atoms with Crippen LogP contribution in [0.5, 0.6) is 5.75 Å². The van der Waals surface area contributed by atoms with E-state index in [4.69, 9.17) is 20.5 Å². The van der Waals surface area contributed by atoms with Gasteiger partial charge in [-0.1, -0.05) is 0 Å². The first-order valence-electron chi connectivity index (χ1n) is 5.31. The Bertz CT molecular complexity index is 640. The molecule has 1 amide bonds. The van der Waals surface area contributed by atoms with Gasteiger partial charge in [0.15, 0.2) is 11.3 Å². The molecule has 7 heteroatoms. The zero-order chi connectivity index (χ0) is 15.0. The van der Waals surface area contributed by atoms with Crippen LogP contribution in [0.4, 0.5) is 0 Å². The summed E-state index contributed by atoms with van der Waals surface area (Å²) in [7, 11) is 1.51. The molecule has 0 heterocycles. The molecule has 0 aliphatic heterocycles. The number of carbonyl (C=O) groups excluding carboxylic acids is 1. The zero-order valence-corrected chi connectivity index (χ0v) is 10.5. The van der Waals surface area contributed by atoms with Gasteiger partial charge in [0.1, 0.15) is 24.0 Å². The third kappa shape index (κ3) is 3.49. The molecule has 7 nitrogen and oxygen atoms in total. The molecule has 0 unspecified atom stereocenters. The third-order valence-electron chi connectivity index (χ3n) is 2.24. The summed E-state index contributed by atoms with van der Waals surface area (Å²) in [6.07, 6.45) is 0. The van der Waals surface area contributed by atoms with Crippen molar-refractivity contribution in [3.63, 3.8) is 0 Å². The fourth-order valence-corrected chi connectivity index (χ4v) is 1.22. The highest BCUT2D eigenvalue weighted by Crippen LogP contribution is 2.10. The van der Waals surface area contributed by atoms with Crippen molar-refractivity contribution >= 4 is 5.91 Å². The van der Waals surface area contributed by atoms with Crippen LogP contribution in [-0.4, -0.2) is 13.0 Å². The third-order valence-corrected chi connectivity index (χ3v) is 2.24. The normalized spacial score (nSPS) is 8.30.